The standard InChI is InChI=1S/C10H20N4O/c1-8-9(7-14(2)13-8)10(6-11)12-4-3-5-15/h7,10,12,15H,3-6,11H2,1-2H3. The van der Waals surface area contributed by atoms with Crippen LogP contribution in [0, 0.1) is 6.92 Å². The molecule has 5 nitrogen and oxygen atoms in total. The molecular weight excluding hydrogens is 192 g/mol. The van der Waals surface area contributed by atoms with Crippen LogP contribution in [0.15, 0.2) is 6.20 Å². The van der Waals surface area contributed by atoms with Gasteiger partial charge in [-0.1, -0.05) is 0 Å². The Hall–Kier alpha value is -0.910. The summed E-state index contributed by atoms with van der Waals surface area (Å²) >= 11 is 0. The monoisotopic (exact) mass is 212 g/mol. The van der Waals surface area contributed by atoms with E-state index in [1.54, 1.807) is 4.68 Å². The van der Waals surface area contributed by atoms with Gasteiger partial charge < -0.3 is 16.2 Å². The van der Waals surface area contributed by atoms with E-state index in [-0.39, 0.29) is 12.6 Å². The van der Waals surface area contributed by atoms with Crippen molar-refractivity contribution in [1.82, 2.24) is 15.1 Å². The third-order valence-electron chi connectivity index (χ3n) is 2.39. The van der Waals surface area contributed by atoms with Gasteiger partial charge in [-0.2, -0.15) is 5.10 Å². The van der Waals surface area contributed by atoms with Crippen LogP contribution >= 0.6 is 0 Å². The number of nitrogens with one attached hydrogen (secondary N) is 1. The summed E-state index contributed by atoms with van der Waals surface area (Å²) in [5.74, 6) is 0. The van der Waals surface area contributed by atoms with E-state index in [2.05, 4.69) is 10.4 Å². The molecule has 4 N–H and O–H groups in total. The first-order valence-electron chi connectivity index (χ1n) is 5.23. The summed E-state index contributed by atoms with van der Waals surface area (Å²) in [4.78, 5) is 0. The lowest BCUT2D eigenvalue weighted by Gasteiger charge is -2.15. The van der Waals surface area contributed by atoms with Crippen LogP contribution in [0.5, 0.6) is 0 Å². The highest BCUT2D eigenvalue weighted by molar-refractivity contribution is 5.20. The molecule has 1 atom stereocenters. The summed E-state index contributed by atoms with van der Waals surface area (Å²) < 4.78 is 1.79. The first kappa shape index (κ1) is 12.2. The highest BCUT2D eigenvalue weighted by Crippen LogP contribution is 2.14. The fourth-order valence-electron chi connectivity index (χ4n) is 1.64. The predicted octanol–water partition coefficient (Wildman–Crippen LogP) is -0.300. The van der Waals surface area contributed by atoms with Crippen molar-refractivity contribution in [3.8, 4) is 0 Å². The largest absolute Gasteiger partial charge is 0.396 e. The van der Waals surface area contributed by atoms with Crippen LogP contribution in [0.1, 0.15) is 23.7 Å². The van der Waals surface area contributed by atoms with Crippen LogP contribution in [0.3, 0.4) is 0 Å². The second-order valence-electron chi connectivity index (χ2n) is 3.66. The van der Waals surface area contributed by atoms with Gasteiger partial charge in [0.15, 0.2) is 0 Å². The van der Waals surface area contributed by atoms with Gasteiger partial charge in [-0.25, -0.2) is 0 Å². The Balaban J connectivity index is 2.61. The van der Waals surface area contributed by atoms with Crippen molar-refractivity contribution in [3.05, 3.63) is 17.5 Å². The molecule has 1 heterocycles. The van der Waals surface area contributed by atoms with Gasteiger partial charge in [0.05, 0.1) is 5.69 Å². The summed E-state index contributed by atoms with van der Waals surface area (Å²) in [6.45, 7) is 3.49. The van der Waals surface area contributed by atoms with Gasteiger partial charge in [0.25, 0.3) is 0 Å². The lowest BCUT2D eigenvalue weighted by molar-refractivity contribution is 0.283. The van der Waals surface area contributed by atoms with Crippen LogP contribution in [-0.2, 0) is 7.05 Å². The van der Waals surface area contributed by atoms with E-state index < -0.39 is 0 Å². The third-order valence-corrected chi connectivity index (χ3v) is 2.39. The molecule has 0 fully saturated rings. The summed E-state index contributed by atoms with van der Waals surface area (Å²) in [7, 11) is 1.90. The topological polar surface area (TPSA) is 76.1 Å². The Morgan fingerprint density at radius 3 is 2.87 bits per heavy atom. The number of hydrogen-bond donors (Lipinski definition) is 3. The van der Waals surface area contributed by atoms with E-state index in [9.17, 15) is 0 Å². The van der Waals surface area contributed by atoms with Crippen LogP contribution < -0.4 is 11.1 Å². The number of nitrogens with zero attached hydrogens (tertiary/aromatic N) is 2. The molecule has 5 heteroatoms. The first-order valence-corrected chi connectivity index (χ1v) is 5.23. The fourth-order valence-corrected chi connectivity index (χ4v) is 1.64. The minimum absolute atomic E-state index is 0.130. The van der Waals surface area contributed by atoms with E-state index in [0.29, 0.717) is 6.54 Å². The highest BCUT2D eigenvalue weighted by atomic mass is 16.3. The Labute approximate surface area is 90.3 Å². The Kier molecular flexibility index (Phi) is 4.74. The molecule has 15 heavy (non-hydrogen) atoms. The summed E-state index contributed by atoms with van der Waals surface area (Å²) in [6, 6.07) is 0.130. The van der Waals surface area contributed by atoms with Crippen LogP contribution in [0.25, 0.3) is 0 Å². The van der Waals surface area contributed by atoms with E-state index >= 15 is 0 Å². The minimum atomic E-state index is 0.130. The molecule has 1 aromatic rings. The lowest BCUT2D eigenvalue weighted by Crippen LogP contribution is -2.29. The number of aliphatic hydroxyl groups is 1. The Bertz CT molecular complexity index is 298. The maximum absolute atomic E-state index is 8.69. The molecule has 0 aliphatic heterocycles. The minimum Gasteiger partial charge on any atom is -0.396 e. The zero-order valence-corrected chi connectivity index (χ0v) is 9.40. The number of nitrogens with two attached hydrogens (primary N) is 1. The summed E-state index contributed by atoms with van der Waals surface area (Å²) in [5, 5.41) is 16.3. The van der Waals surface area contributed by atoms with Crippen molar-refractivity contribution < 1.29 is 5.11 Å². The molecule has 0 spiro atoms. The maximum Gasteiger partial charge on any atom is 0.0641 e. The number of rotatable bonds is 6. The zero-order chi connectivity index (χ0) is 11.3. The first-order chi connectivity index (χ1) is 7.19. The van der Waals surface area contributed by atoms with Crippen molar-refractivity contribution in [2.75, 3.05) is 19.7 Å². The summed E-state index contributed by atoms with van der Waals surface area (Å²) in [5.41, 5.74) is 7.84. The quantitative estimate of drug-likeness (QED) is 0.566. The van der Waals surface area contributed by atoms with Crippen molar-refractivity contribution in [2.45, 2.75) is 19.4 Å². The number of aryl methyl sites for hydroxylation is 2. The third kappa shape index (κ3) is 3.30. The fraction of sp³-hybridized carbons (Fsp3) is 0.700. The molecule has 0 saturated heterocycles. The molecule has 0 amide bonds. The maximum atomic E-state index is 8.69. The van der Waals surface area contributed by atoms with Crippen molar-refractivity contribution in [1.29, 1.82) is 0 Å². The van der Waals surface area contributed by atoms with Crippen molar-refractivity contribution >= 4 is 0 Å². The van der Waals surface area contributed by atoms with Gasteiger partial charge in [-0.15, -0.1) is 0 Å². The number of hydrogen-bond acceptors (Lipinski definition) is 4. The molecule has 86 valence electrons. The molecule has 1 rings (SSSR count). The van der Waals surface area contributed by atoms with Crippen molar-refractivity contribution in [3.63, 3.8) is 0 Å². The second kappa shape index (κ2) is 5.85. The molecular formula is C10H20N4O. The van der Waals surface area contributed by atoms with E-state index in [4.69, 9.17) is 10.8 Å². The Morgan fingerprint density at radius 2 is 2.40 bits per heavy atom. The number of aliphatic hydroxyl groups excluding tert-OH is 1. The van der Waals surface area contributed by atoms with Gasteiger partial charge in [-0.05, 0) is 19.9 Å². The molecule has 0 bridgehead atoms. The lowest BCUT2D eigenvalue weighted by atomic mass is 10.1. The van der Waals surface area contributed by atoms with Gasteiger partial charge in [0, 0.05) is 38.0 Å². The molecule has 0 aliphatic carbocycles. The zero-order valence-electron chi connectivity index (χ0n) is 9.40. The van der Waals surface area contributed by atoms with Gasteiger partial charge in [0.1, 0.15) is 0 Å². The van der Waals surface area contributed by atoms with E-state index in [0.717, 1.165) is 24.2 Å². The Morgan fingerprint density at radius 1 is 1.67 bits per heavy atom. The molecule has 0 radical (unpaired) electrons. The summed E-state index contributed by atoms with van der Waals surface area (Å²) in [6.07, 6.45) is 2.73. The normalized spacial score (nSPS) is 13.1. The van der Waals surface area contributed by atoms with Crippen LogP contribution in [0.4, 0.5) is 0 Å². The van der Waals surface area contributed by atoms with Gasteiger partial charge >= 0.3 is 0 Å². The SMILES string of the molecule is Cc1nn(C)cc1C(CN)NCCCO. The number of aromatic nitrogens is 2. The molecule has 0 saturated carbocycles. The highest BCUT2D eigenvalue weighted by Gasteiger charge is 2.13. The smallest absolute Gasteiger partial charge is 0.0641 e. The van der Waals surface area contributed by atoms with Crippen LogP contribution in [-0.4, -0.2) is 34.6 Å². The molecule has 1 aromatic heterocycles. The average molecular weight is 212 g/mol. The second-order valence-corrected chi connectivity index (χ2v) is 3.66. The van der Waals surface area contributed by atoms with E-state index in [1.165, 1.54) is 0 Å². The predicted molar refractivity (Wildman–Crippen MR) is 59.4 cm³/mol. The van der Waals surface area contributed by atoms with E-state index in [1.807, 2.05) is 20.2 Å². The van der Waals surface area contributed by atoms with Gasteiger partial charge in [0.2, 0.25) is 0 Å². The molecule has 1 unspecified atom stereocenters. The molecule has 0 aromatic carbocycles. The average Bonchev–Trinajstić information content (AvgIpc) is 2.53. The van der Waals surface area contributed by atoms with Crippen molar-refractivity contribution in [2.24, 2.45) is 12.8 Å². The molecule has 0 aliphatic rings. The van der Waals surface area contributed by atoms with Crippen LogP contribution in [0.2, 0.25) is 0 Å². The van der Waals surface area contributed by atoms with Gasteiger partial charge in [-0.3, -0.25) is 4.68 Å².